The number of pyridine rings is 1. The van der Waals surface area contributed by atoms with Crippen molar-refractivity contribution in [2.45, 2.75) is 18.9 Å². The Labute approximate surface area is 159 Å². The van der Waals surface area contributed by atoms with E-state index < -0.39 is 0 Å². The highest BCUT2D eigenvalue weighted by molar-refractivity contribution is 7.11. The molecule has 2 aromatic heterocycles. The van der Waals surface area contributed by atoms with Crippen molar-refractivity contribution in [2.24, 2.45) is 0 Å². The van der Waals surface area contributed by atoms with Crippen molar-refractivity contribution in [3.05, 3.63) is 44.6 Å². The highest BCUT2D eigenvalue weighted by Crippen LogP contribution is 2.26. The summed E-state index contributed by atoms with van der Waals surface area (Å²) >= 11 is 13.4. The Morgan fingerprint density at radius 2 is 2.12 bits per heavy atom. The van der Waals surface area contributed by atoms with Crippen LogP contribution < -0.4 is 0 Å². The Balaban J connectivity index is 1.71. The fourth-order valence-corrected chi connectivity index (χ4v) is 3.84. The van der Waals surface area contributed by atoms with Crippen molar-refractivity contribution in [2.75, 3.05) is 20.1 Å². The van der Waals surface area contributed by atoms with Crippen LogP contribution >= 0.6 is 34.5 Å². The van der Waals surface area contributed by atoms with E-state index in [4.69, 9.17) is 23.2 Å². The topological polar surface area (TPSA) is 66.4 Å². The van der Waals surface area contributed by atoms with Gasteiger partial charge >= 0.3 is 0 Å². The number of hydrogen-bond donors (Lipinski definition) is 0. The lowest BCUT2D eigenvalue weighted by atomic mass is 10.2. The van der Waals surface area contributed by atoms with Gasteiger partial charge in [0.1, 0.15) is 4.88 Å². The number of likely N-dealkylation sites (N-methyl/N-ethyl adjacent to an activating group) is 1. The molecule has 0 saturated carbocycles. The van der Waals surface area contributed by atoms with Gasteiger partial charge < -0.3 is 9.80 Å². The lowest BCUT2D eigenvalue weighted by Crippen LogP contribution is -2.43. The molecular formula is C16H16Cl2N4O2S. The molecule has 0 aliphatic carbocycles. The third kappa shape index (κ3) is 3.78. The largest absolute Gasteiger partial charge is 0.340 e. The minimum atomic E-state index is -0.267. The summed E-state index contributed by atoms with van der Waals surface area (Å²) < 4.78 is 0. The minimum absolute atomic E-state index is 0.0329. The monoisotopic (exact) mass is 398 g/mol. The van der Waals surface area contributed by atoms with Crippen LogP contribution in [0.4, 0.5) is 0 Å². The number of rotatable bonds is 4. The van der Waals surface area contributed by atoms with Gasteiger partial charge in [-0.15, -0.1) is 11.3 Å². The Morgan fingerprint density at radius 1 is 1.32 bits per heavy atom. The van der Waals surface area contributed by atoms with E-state index >= 15 is 0 Å². The standard InChI is InChI=1S/C16H16Cl2N4O2S/c1-21(15(23)11-5-19-6-12(17)14(11)18)8-10-3-2-4-22(10)16(24)13-7-20-9-25-13/h5-7,9-10H,2-4,8H2,1H3/t10-/m1/s1. The predicted octanol–water partition coefficient (Wildman–Crippen LogP) is 3.22. The summed E-state index contributed by atoms with van der Waals surface area (Å²) in [7, 11) is 1.69. The van der Waals surface area contributed by atoms with Gasteiger partial charge in [0.2, 0.25) is 0 Å². The molecule has 2 amide bonds. The van der Waals surface area contributed by atoms with Crippen molar-refractivity contribution >= 4 is 46.4 Å². The first-order valence-electron chi connectivity index (χ1n) is 7.73. The molecule has 1 saturated heterocycles. The zero-order chi connectivity index (χ0) is 18.0. The van der Waals surface area contributed by atoms with E-state index in [1.54, 1.807) is 23.7 Å². The third-order valence-corrected chi connectivity index (χ3v) is 5.73. The number of amides is 2. The highest BCUT2D eigenvalue weighted by Gasteiger charge is 2.32. The first kappa shape index (κ1) is 18.1. The molecule has 1 aliphatic rings. The number of thiazole rings is 1. The molecule has 2 aromatic rings. The molecule has 0 bridgehead atoms. The lowest BCUT2D eigenvalue weighted by molar-refractivity contribution is 0.0652. The van der Waals surface area contributed by atoms with E-state index in [9.17, 15) is 9.59 Å². The van der Waals surface area contributed by atoms with Crippen LogP contribution in [0.1, 0.15) is 32.9 Å². The van der Waals surface area contributed by atoms with Gasteiger partial charge in [0.25, 0.3) is 11.8 Å². The SMILES string of the molecule is CN(C[C@H]1CCCN1C(=O)c1cncs1)C(=O)c1cncc(Cl)c1Cl. The van der Waals surface area contributed by atoms with Gasteiger partial charge in [-0.25, -0.2) is 0 Å². The lowest BCUT2D eigenvalue weighted by Gasteiger charge is -2.28. The predicted molar refractivity (Wildman–Crippen MR) is 97.4 cm³/mol. The number of hydrogen-bond acceptors (Lipinski definition) is 5. The van der Waals surface area contributed by atoms with E-state index in [-0.39, 0.29) is 33.5 Å². The second kappa shape index (κ2) is 7.68. The van der Waals surface area contributed by atoms with Crippen LogP contribution in [-0.4, -0.2) is 57.8 Å². The summed E-state index contributed by atoms with van der Waals surface area (Å²) in [5.74, 6) is -0.301. The number of aromatic nitrogens is 2. The summed E-state index contributed by atoms with van der Waals surface area (Å²) in [6.45, 7) is 1.11. The molecular weight excluding hydrogens is 383 g/mol. The van der Waals surface area contributed by atoms with Crippen LogP contribution in [0.15, 0.2) is 24.1 Å². The van der Waals surface area contributed by atoms with Crippen molar-refractivity contribution in [1.29, 1.82) is 0 Å². The van der Waals surface area contributed by atoms with Gasteiger partial charge in [-0.05, 0) is 12.8 Å². The molecule has 6 nitrogen and oxygen atoms in total. The van der Waals surface area contributed by atoms with Gasteiger partial charge in [-0.2, -0.15) is 0 Å². The molecule has 0 aromatic carbocycles. The molecule has 25 heavy (non-hydrogen) atoms. The van der Waals surface area contributed by atoms with Crippen LogP contribution in [0.3, 0.4) is 0 Å². The van der Waals surface area contributed by atoms with Crippen LogP contribution in [0.5, 0.6) is 0 Å². The van der Waals surface area contributed by atoms with E-state index in [2.05, 4.69) is 9.97 Å². The average molecular weight is 399 g/mol. The van der Waals surface area contributed by atoms with Crippen molar-refractivity contribution in [3.63, 3.8) is 0 Å². The molecule has 132 valence electrons. The minimum Gasteiger partial charge on any atom is -0.340 e. The van der Waals surface area contributed by atoms with Gasteiger partial charge in [0, 0.05) is 38.6 Å². The molecule has 3 rings (SSSR count). The molecule has 0 spiro atoms. The normalized spacial score (nSPS) is 16.9. The maximum Gasteiger partial charge on any atom is 0.265 e. The van der Waals surface area contributed by atoms with E-state index in [0.717, 1.165) is 12.8 Å². The fourth-order valence-electron chi connectivity index (χ4n) is 2.93. The van der Waals surface area contributed by atoms with Crippen LogP contribution in [0.25, 0.3) is 0 Å². The fraction of sp³-hybridized carbons (Fsp3) is 0.375. The third-order valence-electron chi connectivity index (χ3n) is 4.18. The first-order chi connectivity index (χ1) is 12.0. The molecule has 1 atom stereocenters. The zero-order valence-electron chi connectivity index (χ0n) is 13.5. The van der Waals surface area contributed by atoms with Gasteiger partial charge in [0.05, 0.1) is 27.3 Å². The molecule has 0 radical (unpaired) electrons. The molecule has 3 heterocycles. The summed E-state index contributed by atoms with van der Waals surface area (Å²) in [5, 5.41) is 0.432. The summed E-state index contributed by atoms with van der Waals surface area (Å²) in [4.78, 5) is 37.1. The van der Waals surface area contributed by atoms with Crippen molar-refractivity contribution < 1.29 is 9.59 Å². The van der Waals surface area contributed by atoms with Crippen LogP contribution in [-0.2, 0) is 0 Å². The average Bonchev–Trinajstić information content (AvgIpc) is 3.28. The summed E-state index contributed by atoms with van der Waals surface area (Å²) in [5.41, 5.74) is 1.90. The van der Waals surface area contributed by atoms with Crippen LogP contribution in [0, 0.1) is 0 Å². The van der Waals surface area contributed by atoms with Crippen molar-refractivity contribution in [1.82, 2.24) is 19.8 Å². The number of likely N-dealkylation sites (tertiary alicyclic amines) is 1. The van der Waals surface area contributed by atoms with Crippen molar-refractivity contribution in [3.8, 4) is 0 Å². The molecule has 9 heteroatoms. The number of halogens is 2. The molecule has 0 N–H and O–H groups in total. The number of nitrogens with zero attached hydrogens (tertiary/aromatic N) is 4. The van der Waals surface area contributed by atoms with Crippen LogP contribution in [0.2, 0.25) is 10.0 Å². The Kier molecular flexibility index (Phi) is 5.56. The molecule has 0 unspecified atom stereocenters. The second-order valence-corrected chi connectivity index (χ2v) is 7.50. The second-order valence-electron chi connectivity index (χ2n) is 5.83. The Bertz CT molecular complexity index is 784. The molecule has 1 aliphatic heterocycles. The van der Waals surface area contributed by atoms with Gasteiger partial charge in [0.15, 0.2) is 0 Å². The van der Waals surface area contributed by atoms with Gasteiger partial charge in [-0.1, -0.05) is 23.2 Å². The van der Waals surface area contributed by atoms with E-state index in [0.29, 0.717) is 18.0 Å². The van der Waals surface area contributed by atoms with Gasteiger partial charge in [-0.3, -0.25) is 19.6 Å². The maximum absolute atomic E-state index is 12.6. The Hall–Kier alpha value is -1.70. The summed E-state index contributed by atoms with van der Waals surface area (Å²) in [6.07, 6.45) is 6.14. The molecule has 1 fully saturated rings. The number of carbonyl (C=O) groups excluding carboxylic acids is 2. The quantitative estimate of drug-likeness (QED) is 0.792. The van der Waals surface area contributed by atoms with E-state index in [1.807, 2.05) is 4.90 Å². The number of carbonyl (C=O) groups is 2. The Morgan fingerprint density at radius 3 is 2.84 bits per heavy atom. The zero-order valence-corrected chi connectivity index (χ0v) is 15.8. The summed E-state index contributed by atoms with van der Waals surface area (Å²) in [6, 6.07) is -0.0329. The maximum atomic E-state index is 12.6. The highest BCUT2D eigenvalue weighted by atomic mass is 35.5. The first-order valence-corrected chi connectivity index (χ1v) is 9.36. The smallest absolute Gasteiger partial charge is 0.265 e. The van der Waals surface area contributed by atoms with E-state index in [1.165, 1.54) is 23.7 Å².